The Kier molecular flexibility index (Phi) is 5.67. The molecule has 0 N–H and O–H groups in total. The van der Waals surface area contributed by atoms with Gasteiger partial charge in [-0.3, -0.25) is 19.7 Å². The number of nitro groups is 1. The summed E-state index contributed by atoms with van der Waals surface area (Å²) in [4.78, 5) is 35.7. The SMILES string of the molecule is C[C@@H](c1cccc([N+](=O)[O-])c1)N(C)C(=O)Cn1cc(C(F)(F)F)ccc1=O. The minimum atomic E-state index is -4.64. The van der Waals surface area contributed by atoms with Gasteiger partial charge in [-0.25, -0.2) is 0 Å². The van der Waals surface area contributed by atoms with E-state index >= 15 is 0 Å². The summed E-state index contributed by atoms with van der Waals surface area (Å²) < 4.78 is 39.0. The van der Waals surface area contributed by atoms with Crippen molar-refractivity contribution in [3.8, 4) is 0 Å². The summed E-state index contributed by atoms with van der Waals surface area (Å²) in [6.07, 6.45) is -4.05. The van der Waals surface area contributed by atoms with E-state index in [1.807, 2.05) is 0 Å². The Hall–Kier alpha value is -3.17. The topological polar surface area (TPSA) is 85.4 Å². The Morgan fingerprint density at radius 1 is 1.30 bits per heavy atom. The third-order valence-corrected chi connectivity index (χ3v) is 4.15. The van der Waals surface area contributed by atoms with Crippen LogP contribution in [0.1, 0.15) is 24.1 Å². The quantitative estimate of drug-likeness (QED) is 0.587. The van der Waals surface area contributed by atoms with E-state index in [0.717, 1.165) is 6.07 Å². The Balaban J connectivity index is 2.22. The fourth-order valence-corrected chi connectivity index (χ4v) is 2.42. The second-order valence-electron chi connectivity index (χ2n) is 5.91. The lowest BCUT2D eigenvalue weighted by molar-refractivity contribution is -0.384. The number of carbonyl (C=O) groups is 1. The Bertz CT molecular complexity index is 924. The summed E-state index contributed by atoms with van der Waals surface area (Å²) >= 11 is 0. The lowest BCUT2D eigenvalue weighted by Gasteiger charge is -2.25. The van der Waals surface area contributed by atoms with E-state index < -0.39 is 40.7 Å². The monoisotopic (exact) mass is 383 g/mol. The van der Waals surface area contributed by atoms with Crippen molar-refractivity contribution in [2.24, 2.45) is 0 Å². The summed E-state index contributed by atoms with van der Waals surface area (Å²) in [5.74, 6) is -0.615. The zero-order valence-corrected chi connectivity index (χ0v) is 14.4. The number of pyridine rings is 1. The van der Waals surface area contributed by atoms with Crippen LogP contribution in [0.3, 0.4) is 0 Å². The molecule has 2 aromatic rings. The van der Waals surface area contributed by atoms with Gasteiger partial charge < -0.3 is 9.47 Å². The molecule has 1 aromatic carbocycles. The molecule has 10 heteroatoms. The van der Waals surface area contributed by atoms with Crippen molar-refractivity contribution < 1.29 is 22.9 Å². The van der Waals surface area contributed by atoms with Crippen molar-refractivity contribution in [3.63, 3.8) is 0 Å². The lowest BCUT2D eigenvalue weighted by atomic mass is 10.1. The smallest absolute Gasteiger partial charge is 0.337 e. The fourth-order valence-electron chi connectivity index (χ4n) is 2.42. The summed E-state index contributed by atoms with van der Waals surface area (Å²) in [7, 11) is 1.41. The van der Waals surface area contributed by atoms with Crippen LogP contribution in [-0.2, 0) is 17.5 Å². The molecule has 0 aliphatic heterocycles. The summed E-state index contributed by atoms with van der Waals surface area (Å²) in [5.41, 5.74) is -1.44. The highest BCUT2D eigenvalue weighted by atomic mass is 19.4. The molecule has 0 unspecified atom stereocenters. The number of hydrogen-bond donors (Lipinski definition) is 0. The van der Waals surface area contributed by atoms with Gasteiger partial charge in [0.15, 0.2) is 0 Å². The fraction of sp³-hybridized carbons (Fsp3) is 0.294. The van der Waals surface area contributed by atoms with Gasteiger partial charge in [0, 0.05) is 31.4 Å². The van der Waals surface area contributed by atoms with Crippen LogP contribution < -0.4 is 5.56 Å². The Labute approximate surface area is 151 Å². The van der Waals surface area contributed by atoms with Crippen LogP contribution in [0.25, 0.3) is 0 Å². The number of aromatic nitrogens is 1. The van der Waals surface area contributed by atoms with E-state index in [1.165, 1.54) is 30.1 Å². The largest absolute Gasteiger partial charge is 0.417 e. The normalized spacial score (nSPS) is 12.5. The number of non-ortho nitro benzene ring substituents is 1. The number of nitro benzene ring substituents is 1. The van der Waals surface area contributed by atoms with Gasteiger partial charge in [0.25, 0.3) is 11.2 Å². The van der Waals surface area contributed by atoms with Crippen molar-refractivity contribution in [1.82, 2.24) is 9.47 Å². The number of alkyl halides is 3. The van der Waals surface area contributed by atoms with Crippen molar-refractivity contribution >= 4 is 11.6 Å². The van der Waals surface area contributed by atoms with Crippen LogP contribution in [-0.4, -0.2) is 27.3 Å². The van der Waals surface area contributed by atoms with Crippen LogP contribution in [0.15, 0.2) is 47.4 Å². The molecule has 1 amide bonds. The first-order chi connectivity index (χ1) is 12.5. The molecule has 0 fully saturated rings. The zero-order valence-electron chi connectivity index (χ0n) is 14.4. The Morgan fingerprint density at radius 2 is 1.96 bits per heavy atom. The van der Waals surface area contributed by atoms with E-state index in [4.69, 9.17) is 0 Å². The second kappa shape index (κ2) is 7.60. The molecular weight excluding hydrogens is 367 g/mol. The van der Waals surface area contributed by atoms with Gasteiger partial charge in [-0.05, 0) is 18.6 Å². The molecule has 0 aliphatic carbocycles. The molecule has 1 aromatic heterocycles. The number of hydrogen-bond acceptors (Lipinski definition) is 4. The van der Waals surface area contributed by atoms with Crippen LogP contribution in [0.4, 0.5) is 18.9 Å². The Morgan fingerprint density at radius 3 is 2.56 bits per heavy atom. The molecule has 1 atom stereocenters. The first-order valence-corrected chi connectivity index (χ1v) is 7.78. The van der Waals surface area contributed by atoms with Gasteiger partial charge in [0.1, 0.15) is 6.54 Å². The number of amides is 1. The molecule has 144 valence electrons. The molecule has 0 saturated heterocycles. The van der Waals surface area contributed by atoms with Crippen LogP contribution in [0.5, 0.6) is 0 Å². The maximum Gasteiger partial charge on any atom is 0.417 e. The maximum atomic E-state index is 12.8. The molecule has 0 aliphatic rings. The van der Waals surface area contributed by atoms with Gasteiger partial charge >= 0.3 is 6.18 Å². The number of carbonyl (C=O) groups excluding carboxylic acids is 1. The molecule has 0 radical (unpaired) electrons. The number of benzene rings is 1. The average Bonchev–Trinajstić information content (AvgIpc) is 2.61. The number of likely N-dealkylation sites (N-methyl/N-ethyl adjacent to an activating group) is 1. The molecule has 0 bridgehead atoms. The number of nitrogens with zero attached hydrogens (tertiary/aromatic N) is 3. The summed E-state index contributed by atoms with van der Waals surface area (Å²) in [6, 6.07) is 6.50. The zero-order chi connectivity index (χ0) is 20.4. The van der Waals surface area contributed by atoms with Crippen molar-refractivity contribution in [2.45, 2.75) is 25.7 Å². The van der Waals surface area contributed by atoms with Crippen LogP contribution in [0.2, 0.25) is 0 Å². The van der Waals surface area contributed by atoms with Gasteiger partial charge in [-0.2, -0.15) is 13.2 Å². The van der Waals surface area contributed by atoms with Crippen LogP contribution in [0, 0.1) is 10.1 Å². The highest BCUT2D eigenvalue weighted by Crippen LogP contribution is 2.28. The molecule has 0 saturated carbocycles. The van der Waals surface area contributed by atoms with Crippen molar-refractivity contribution in [3.05, 3.63) is 74.2 Å². The molecule has 2 rings (SSSR count). The lowest BCUT2D eigenvalue weighted by Crippen LogP contribution is -2.35. The predicted molar refractivity (Wildman–Crippen MR) is 90.0 cm³/mol. The molecule has 27 heavy (non-hydrogen) atoms. The van der Waals surface area contributed by atoms with Gasteiger partial charge in [-0.15, -0.1) is 0 Å². The highest BCUT2D eigenvalue weighted by Gasteiger charge is 2.31. The third-order valence-electron chi connectivity index (χ3n) is 4.15. The average molecular weight is 383 g/mol. The van der Waals surface area contributed by atoms with E-state index in [9.17, 15) is 32.9 Å². The summed E-state index contributed by atoms with van der Waals surface area (Å²) in [6.45, 7) is 1.03. The third kappa shape index (κ3) is 4.72. The standard InChI is InChI=1S/C17H16F3N3O4/c1-11(12-4-3-5-14(8-12)23(26)27)21(2)16(25)10-22-9-13(17(18,19)20)6-7-15(22)24/h3-9,11H,10H2,1-2H3/t11-/m0/s1. The molecule has 7 nitrogen and oxygen atoms in total. The minimum Gasteiger partial charge on any atom is -0.337 e. The van der Waals surface area contributed by atoms with Gasteiger partial charge in [-0.1, -0.05) is 12.1 Å². The molecule has 1 heterocycles. The van der Waals surface area contributed by atoms with Gasteiger partial charge in [0.05, 0.1) is 16.5 Å². The predicted octanol–water partition coefficient (Wildman–Crippen LogP) is 2.99. The van der Waals surface area contributed by atoms with Crippen molar-refractivity contribution in [1.29, 1.82) is 0 Å². The first-order valence-electron chi connectivity index (χ1n) is 7.78. The maximum absolute atomic E-state index is 12.8. The first kappa shape index (κ1) is 20.1. The van der Waals surface area contributed by atoms with E-state index in [-0.39, 0.29) is 5.69 Å². The van der Waals surface area contributed by atoms with Crippen LogP contribution >= 0.6 is 0 Å². The summed E-state index contributed by atoms with van der Waals surface area (Å²) in [5, 5.41) is 10.9. The molecule has 0 spiro atoms. The number of halogens is 3. The van der Waals surface area contributed by atoms with E-state index in [2.05, 4.69) is 0 Å². The van der Waals surface area contributed by atoms with E-state index in [1.54, 1.807) is 13.0 Å². The van der Waals surface area contributed by atoms with E-state index in [0.29, 0.717) is 22.4 Å². The van der Waals surface area contributed by atoms with Crippen molar-refractivity contribution in [2.75, 3.05) is 7.05 Å². The molecular formula is C17H16F3N3O4. The number of rotatable bonds is 5. The van der Waals surface area contributed by atoms with Gasteiger partial charge in [0.2, 0.25) is 5.91 Å². The highest BCUT2D eigenvalue weighted by molar-refractivity contribution is 5.76. The second-order valence-corrected chi connectivity index (χ2v) is 5.91. The minimum absolute atomic E-state index is 0.144.